The standard InChI is InChI=1S/C8H11NO2.C2H6O4S/c9-5-8(11)6-2-1-3-7(10)4-6;3-1-2-7(4,5)6/h1-4,8,10-11H,5,9H2;3H,1-2H2,(H,4,5,6). The fourth-order valence-electron chi connectivity index (χ4n) is 0.984. The van der Waals surface area contributed by atoms with Gasteiger partial charge >= 0.3 is 0 Å². The molecule has 0 amide bonds. The van der Waals surface area contributed by atoms with Crippen molar-refractivity contribution in [3.8, 4) is 5.75 Å². The molecular formula is C10H17NO6S. The molecular weight excluding hydrogens is 262 g/mol. The molecule has 1 aromatic carbocycles. The van der Waals surface area contributed by atoms with Crippen molar-refractivity contribution in [2.45, 2.75) is 6.10 Å². The highest BCUT2D eigenvalue weighted by atomic mass is 32.2. The van der Waals surface area contributed by atoms with Gasteiger partial charge < -0.3 is 21.1 Å². The van der Waals surface area contributed by atoms with Crippen molar-refractivity contribution in [1.29, 1.82) is 0 Å². The fourth-order valence-corrected chi connectivity index (χ4v) is 1.21. The van der Waals surface area contributed by atoms with Gasteiger partial charge in [-0.1, -0.05) is 12.1 Å². The van der Waals surface area contributed by atoms with Crippen LogP contribution in [0.4, 0.5) is 0 Å². The van der Waals surface area contributed by atoms with Gasteiger partial charge in [-0.05, 0) is 17.7 Å². The zero-order chi connectivity index (χ0) is 14.2. The lowest BCUT2D eigenvalue weighted by Crippen LogP contribution is -2.11. The molecule has 104 valence electrons. The van der Waals surface area contributed by atoms with Crippen LogP contribution in [0.25, 0.3) is 0 Å². The van der Waals surface area contributed by atoms with Crippen LogP contribution in [0.15, 0.2) is 24.3 Å². The van der Waals surface area contributed by atoms with Crippen LogP contribution in [0.3, 0.4) is 0 Å². The molecule has 0 heterocycles. The Morgan fingerprint density at radius 2 is 1.94 bits per heavy atom. The Morgan fingerprint density at radius 3 is 2.28 bits per heavy atom. The molecule has 7 nitrogen and oxygen atoms in total. The van der Waals surface area contributed by atoms with E-state index in [9.17, 15) is 13.5 Å². The molecule has 1 rings (SSSR count). The molecule has 0 aliphatic carbocycles. The van der Waals surface area contributed by atoms with E-state index in [1.807, 2.05) is 0 Å². The Hall–Kier alpha value is -1.19. The molecule has 8 heteroatoms. The first kappa shape index (κ1) is 16.8. The van der Waals surface area contributed by atoms with E-state index >= 15 is 0 Å². The van der Waals surface area contributed by atoms with E-state index in [1.165, 1.54) is 6.07 Å². The predicted octanol–water partition coefficient (Wildman–Crippen LogP) is -0.749. The lowest BCUT2D eigenvalue weighted by Gasteiger charge is -2.06. The van der Waals surface area contributed by atoms with Crippen molar-refractivity contribution in [3.63, 3.8) is 0 Å². The number of nitrogens with two attached hydrogens (primary N) is 1. The topological polar surface area (TPSA) is 141 Å². The Morgan fingerprint density at radius 1 is 1.33 bits per heavy atom. The molecule has 0 bridgehead atoms. The molecule has 0 saturated heterocycles. The lowest BCUT2D eigenvalue weighted by atomic mass is 10.1. The SMILES string of the molecule is NCC(O)c1cccc(O)c1.O=S(=O)(O)CCO. The third-order valence-corrected chi connectivity index (χ3v) is 2.53. The average Bonchev–Trinajstić information content (AvgIpc) is 2.27. The fraction of sp³-hybridized carbons (Fsp3) is 0.400. The lowest BCUT2D eigenvalue weighted by molar-refractivity contribution is 0.186. The number of hydrogen-bond acceptors (Lipinski definition) is 6. The summed E-state index contributed by atoms with van der Waals surface area (Å²) in [6, 6.07) is 6.44. The maximum Gasteiger partial charge on any atom is 0.267 e. The summed E-state index contributed by atoms with van der Waals surface area (Å²) in [5, 5.41) is 26.1. The van der Waals surface area contributed by atoms with Gasteiger partial charge in [0, 0.05) is 6.54 Å². The molecule has 0 spiro atoms. The predicted molar refractivity (Wildman–Crippen MR) is 65.6 cm³/mol. The Kier molecular flexibility index (Phi) is 7.48. The first-order valence-electron chi connectivity index (χ1n) is 5.03. The van der Waals surface area contributed by atoms with Crippen LogP contribution < -0.4 is 5.73 Å². The second kappa shape index (κ2) is 8.01. The number of aliphatic hydroxyl groups is 2. The zero-order valence-electron chi connectivity index (χ0n) is 9.60. The van der Waals surface area contributed by atoms with E-state index in [2.05, 4.69) is 0 Å². The summed E-state index contributed by atoms with van der Waals surface area (Å²) in [6.45, 7) is -0.359. The van der Waals surface area contributed by atoms with Crippen LogP contribution in [0, 0.1) is 0 Å². The summed E-state index contributed by atoms with van der Waals surface area (Å²) in [5.74, 6) is -0.428. The van der Waals surface area contributed by atoms with E-state index in [1.54, 1.807) is 18.2 Å². The summed E-state index contributed by atoms with van der Waals surface area (Å²) >= 11 is 0. The molecule has 18 heavy (non-hydrogen) atoms. The van der Waals surface area contributed by atoms with Crippen molar-refractivity contribution < 1.29 is 28.3 Å². The Bertz CT molecular complexity index is 447. The number of aliphatic hydroxyl groups excluding tert-OH is 2. The van der Waals surface area contributed by atoms with Crippen molar-refractivity contribution in [1.82, 2.24) is 0 Å². The zero-order valence-corrected chi connectivity index (χ0v) is 10.4. The summed E-state index contributed by atoms with van der Waals surface area (Å²) in [4.78, 5) is 0. The number of phenols is 1. The van der Waals surface area contributed by atoms with E-state index in [0.29, 0.717) is 5.56 Å². The molecule has 0 saturated carbocycles. The molecule has 1 aromatic rings. The highest BCUT2D eigenvalue weighted by molar-refractivity contribution is 7.85. The van der Waals surface area contributed by atoms with Crippen LogP contribution in [-0.4, -0.2) is 47.2 Å². The minimum absolute atomic E-state index is 0.148. The highest BCUT2D eigenvalue weighted by Gasteiger charge is 2.03. The Labute approximate surface area is 105 Å². The van der Waals surface area contributed by atoms with Gasteiger partial charge in [0.15, 0.2) is 0 Å². The van der Waals surface area contributed by atoms with Crippen LogP contribution >= 0.6 is 0 Å². The number of phenolic OH excluding ortho intramolecular Hbond substituents is 1. The van der Waals surface area contributed by atoms with E-state index in [-0.39, 0.29) is 12.3 Å². The quantitative estimate of drug-likeness (QED) is 0.456. The van der Waals surface area contributed by atoms with E-state index in [0.717, 1.165) is 0 Å². The molecule has 0 fully saturated rings. The number of aromatic hydroxyl groups is 1. The van der Waals surface area contributed by atoms with Crippen molar-refractivity contribution in [2.75, 3.05) is 18.9 Å². The minimum atomic E-state index is -3.92. The van der Waals surface area contributed by atoms with Crippen molar-refractivity contribution in [3.05, 3.63) is 29.8 Å². The largest absolute Gasteiger partial charge is 0.508 e. The maximum absolute atomic E-state index is 9.63. The second-order valence-electron chi connectivity index (χ2n) is 3.36. The molecule has 0 aliphatic rings. The van der Waals surface area contributed by atoms with Gasteiger partial charge in [0.2, 0.25) is 0 Å². The van der Waals surface area contributed by atoms with Crippen LogP contribution in [0.2, 0.25) is 0 Å². The maximum atomic E-state index is 9.63. The van der Waals surface area contributed by atoms with Crippen LogP contribution in [0.1, 0.15) is 11.7 Å². The molecule has 1 unspecified atom stereocenters. The summed E-state index contributed by atoms with van der Waals surface area (Å²) in [7, 11) is -3.92. The molecule has 0 aromatic heterocycles. The summed E-state index contributed by atoms with van der Waals surface area (Å²) < 4.78 is 27.1. The van der Waals surface area contributed by atoms with Gasteiger partial charge in [0.25, 0.3) is 10.1 Å². The average molecular weight is 279 g/mol. The van der Waals surface area contributed by atoms with E-state index < -0.39 is 28.6 Å². The van der Waals surface area contributed by atoms with Crippen LogP contribution in [-0.2, 0) is 10.1 Å². The molecule has 1 atom stereocenters. The number of benzene rings is 1. The first-order valence-corrected chi connectivity index (χ1v) is 6.64. The van der Waals surface area contributed by atoms with Gasteiger partial charge in [0.1, 0.15) is 5.75 Å². The van der Waals surface area contributed by atoms with Gasteiger partial charge in [-0.15, -0.1) is 0 Å². The Balaban J connectivity index is 0.000000360. The third-order valence-electron chi connectivity index (χ3n) is 1.83. The number of rotatable bonds is 4. The molecule has 0 radical (unpaired) electrons. The summed E-state index contributed by atoms with van der Waals surface area (Å²) in [6.07, 6.45) is -0.679. The smallest absolute Gasteiger partial charge is 0.267 e. The monoisotopic (exact) mass is 279 g/mol. The van der Waals surface area contributed by atoms with E-state index in [4.69, 9.17) is 20.5 Å². The second-order valence-corrected chi connectivity index (χ2v) is 4.93. The number of hydrogen-bond donors (Lipinski definition) is 5. The van der Waals surface area contributed by atoms with Gasteiger partial charge in [-0.2, -0.15) is 8.42 Å². The minimum Gasteiger partial charge on any atom is -0.508 e. The van der Waals surface area contributed by atoms with Crippen molar-refractivity contribution in [2.24, 2.45) is 5.73 Å². The van der Waals surface area contributed by atoms with Crippen molar-refractivity contribution >= 4 is 10.1 Å². The van der Waals surface area contributed by atoms with Gasteiger partial charge in [0.05, 0.1) is 18.5 Å². The normalized spacial score (nSPS) is 12.4. The van der Waals surface area contributed by atoms with Gasteiger partial charge in [-0.25, -0.2) is 0 Å². The summed E-state index contributed by atoms with van der Waals surface area (Å²) in [5.41, 5.74) is 5.87. The third kappa shape index (κ3) is 7.98. The highest BCUT2D eigenvalue weighted by Crippen LogP contribution is 2.16. The first-order chi connectivity index (χ1) is 8.30. The molecule has 6 N–H and O–H groups in total. The van der Waals surface area contributed by atoms with Crippen LogP contribution in [0.5, 0.6) is 5.75 Å². The van der Waals surface area contributed by atoms with Gasteiger partial charge in [-0.3, -0.25) is 4.55 Å². The molecule has 0 aliphatic heterocycles.